The molecule has 1 aliphatic rings. The van der Waals surface area contributed by atoms with E-state index in [2.05, 4.69) is 25.5 Å². The molecule has 5 rings (SSSR count). The Balaban J connectivity index is 1.26. The molecule has 2 aromatic heterocycles. The summed E-state index contributed by atoms with van der Waals surface area (Å²) in [7, 11) is 0. The van der Waals surface area contributed by atoms with Crippen LogP contribution in [0.25, 0.3) is 10.2 Å². The SMILES string of the molecule is Cc1cc(Nc2ccc(NC(=O)c3nc4ccccc4s3)cc2)nc(N2CCCCC2)n1. The lowest BCUT2D eigenvalue weighted by molar-refractivity contribution is 0.102. The Hall–Kier alpha value is -3.52. The number of thiazole rings is 1. The van der Waals surface area contributed by atoms with Crippen LogP contribution < -0.4 is 15.5 Å². The van der Waals surface area contributed by atoms with Crippen LogP contribution in [-0.4, -0.2) is 33.9 Å². The average molecular weight is 445 g/mol. The van der Waals surface area contributed by atoms with Crippen LogP contribution in [-0.2, 0) is 0 Å². The second-order valence-electron chi connectivity index (χ2n) is 7.89. The Morgan fingerprint density at radius 1 is 0.938 bits per heavy atom. The van der Waals surface area contributed by atoms with Gasteiger partial charge in [-0.15, -0.1) is 11.3 Å². The zero-order valence-corrected chi connectivity index (χ0v) is 18.7. The first-order valence-electron chi connectivity index (χ1n) is 10.8. The van der Waals surface area contributed by atoms with Crippen molar-refractivity contribution in [2.24, 2.45) is 0 Å². The average Bonchev–Trinajstić information content (AvgIpc) is 3.25. The lowest BCUT2D eigenvalue weighted by Crippen LogP contribution is -2.31. The smallest absolute Gasteiger partial charge is 0.284 e. The Bertz CT molecular complexity index is 1210. The fraction of sp³-hybridized carbons (Fsp3) is 0.250. The molecular formula is C24H24N6OS. The van der Waals surface area contributed by atoms with Gasteiger partial charge in [0.1, 0.15) is 5.82 Å². The first kappa shape index (κ1) is 20.4. The summed E-state index contributed by atoms with van der Waals surface area (Å²) in [5, 5.41) is 6.73. The fourth-order valence-corrected chi connectivity index (χ4v) is 4.65. The van der Waals surface area contributed by atoms with Crippen molar-refractivity contribution < 1.29 is 4.79 Å². The lowest BCUT2D eigenvalue weighted by Gasteiger charge is -2.27. The van der Waals surface area contributed by atoms with E-state index in [1.54, 1.807) is 0 Å². The van der Waals surface area contributed by atoms with Crippen LogP contribution in [0.1, 0.15) is 34.8 Å². The maximum absolute atomic E-state index is 12.6. The van der Waals surface area contributed by atoms with Gasteiger partial charge in [0.25, 0.3) is 5.91 Å². The van der Waals surface area contributed by atoms with E-state index in [0.717, 1.165) is 46.5 Å². The molecule has 7 nitrogen and oxygen atoms in total. The highest BCUT2D eigenvalue weighted by Crippen LogP contribution is 2.24. The van der Waals surface area contributed by atoms with E-state index in [0.29, 0.717) is 10.7 Å². The summed E-state index contributed by atoms with van der Waals surface area (Å²) in [5.41, 5.74) is 3.38. The number of benzene rings is 2. The van der Waals surface area contributed by atoms with Gasteiger partial charge in [0.15, 0.2) is 5.01 Å². The molecule has 0 bridgehead atoms. The van der Waals surface area contributed by atoms with E-state index < -0.39 is 0 Å². The Morgan fingerprint density at radius 3 is 2.47 bits per heavy atom. The van der Waals surface area contributed by atoms with Crippen molar-refractivity contribution in [3.05, 3.63) is 65.3 Å². The summed E-state index contributed by atoms with van der Waals surface area (Å²) in [6.07, 6.45) is 3.64. The molecule has 3 heterocycles. The largest absolute Gasteiger partial charge is 0.341 e. The van der Waals surface area contributed by atoms with Gasteiger partial charge in [-0.25, -0.2) is 9.97 Å². The molecule has 2 aromatic carbocycles. The van der Waals surface area contributed by atoms with E-state index in [9.17, 15) is 4.79 Å². The number of fused-ring (bicyclic) bond motifs is 1. The van der Waals surface area contributed by atoms with Gasteiger partial charge in [0.05, 0.1) is 10.2 Å². The molecule has 1 saturated heterocycles. The minimum atomic E-state index is -0.204. The van der Waals surface area contributed by atoms with E-state index in [4.69, 9.17) is 4.98 Å². The maximum atomic E-state index is 12.6. The second-order valence-corrected chi connectivity index (χ2v) is 8.92. The van der Waals surface area contributed by atoms with E-state index in [1.807, 2.05) is 61.5 Å². The Morgan fingerprint density at radius 2 is 1.69 bits per heavy atom. The van der Waals surface area contributed by atoms with Gasteiger partial charge in [-0.3, -0.25) is 4.79 Å². The van der Waals surface area contributed by atoms with Gasteiger partial charge in [-0.1, -0.05) is 12.1 Å². The van der Waals surface area contributed by atoms with Crippen LogP contribution in [0.4, 0.5) is 23.1 Å². The summed E-state index contributed by atoms with van der Waals surface area (Å²) < 4.78 is 1.00. The first-order valence-corrected chi connectivity index (χ1v) is 11.6. The summed E-state index contributed by atoms with van der Waals surface area (Å²) in [5.74, 6) is 1.35. The van der Waals surface area contributed by atoms with Crippen molar-refractivity contribution in [1.82, 2.24) is 15.0 Å². The van der Waals surface area contributed by atoms with Gasteiger partial charge in [-0.05, 0) is 62.6 Å². The number of rotatable bonds is 5. The highest BCUT2D eigenvalue weighted by Gasteiger charge is 2.15. The summed E-state index contributed by atoms with van der Waals surface area (Å²) >= 11 is 1.39. The summed E-state index contributed by atoms with van der Waals surface area (Å²) in [6.45, 7) is 4.00. The van der Waals surface area contributed by atoms with Gasteiger partial charge in [0.2, 0.25) is 5.95 Å². The van der Waals surface area contributed by atoms with Crippen molar-refractivity contribution >= 4 is 50.6 Å². The topological polar surface area (TPSA) is 83.0 Å². The number of nitrogens with one attached hydrogen (secondary N) is 2. The third kappa shape index (κ3) is 4.55. The molecule has 4 aromatic rings. The predicted molar refractivity (Wildman–Crippen MR) is 130 cm³/mol. The molecule has 2 N–H and O–H groups in total. The number of carbonyl (C=O) groups excluding carboxylic acids is 1. The highest BCUT2D eigenvalue weighted by molar-refractivity contribution is 7.20. The number of nitrogens with zero attached hydrogens (tertiary/aromatic N) is 4. The normalized spacial score (nSPS) is 13.8. The third-order valence-electron chi connectivity index (χ3n) is 5.38. The molecular weight excluding hydrogens is 420 g/mol. The number of para-hydroxylation sites is 1. The fourth-order valence-electron chi connectivity index (χ4n) is 3.79. The molecule has 0 unspecified atom stereocenters. The number of aromatic nitrogens is 3. The number of carbonyl (C=O) groups is 1. The van der Waals surface area contributed by atoms with Gasteiger partial charge < -0.3 is 15.5 Å². The molecule has 1 amide bonds. The van der Waals surface area contributed by atoms with Gasteiger partial charge in [-0.2, -0.15) is 4.98 Å². The molecule has 0 radical (unpaired) electrons. The zero-order valence-electron chi connectivity index (χ0n) is 17.8. The Labute approximate surface area is 190 Å². The first-order chi connectivity index (χ1) is 15.6. The Kier molecular flexibility index (Phi) is 5.68. The highest BCUT2D eigenvalue weighted by atomic mass is 32.1. The molecule has 1 fully saturated rings. The van der Waals surface area contributed by atoms with Crippen LogP contribution in [0.5, 0.6) is 0 Å². The van der Waals surface area contributed by atoms with Crippen LogP contribution in [0.15, 0.2) is 54.6 Å². The zero-order chi connectivity index (χ0) is 21.9. The maximum Gasteiger partial charge on any atom is 0.284 e. The third-order valence-corrected chi connectivity index (χ3v) is 6.42. The van der Waals surface area contributed by atoms with Crippen molar-refractivity contribution in [2.75, 3.05) is 28.6 Å². The van der Waals surface area contributed by atoms with E-state index in [1.165, 1.54) is 30.6 Å². The van der Waals surface area contributed by atoms with Crippen LogP contribution in [0.2, 0.25) is 0 Å². The number of hydrogen-bond acceptors (Lipinski definition) is 7. The number of hydrogen-bond donors (Lipinski definition) is 2. The molecule has 1 aliphatic heterocycles. The number of amides is 1. The molecule has 0 saturated carbocycles. The standard InChI is InChI=1S/C24H24N6OS/c1-16-15-21(29-24(25-16)30-13-5-2-6-14-30)26-17-9-11-18(12-10-17)27-22(31)23-28-19-7-3-4-8-20(19)32-23/h3-4,7-12,15H,2,5-6,13-14H2,1H3,(H,27,31)(H,25,26,29). The molecule has 0 spiro atoms. The van der Waals surface area contributed by atoms with Crippen molar-refractivity contribution in [2.45, 2.75) is 26.2 Å². The number of aryl methyl sites for hydroxylation is 1. The second kappa shape index (κ2) is 8.92. The monoisotopic (exact) mass is 444 g/mol. The quantitative estimate of drug-likeness (QED) is 0.430. The number of piperidine rings is 1. The van der Waals surface area contributed by atoms with Crippen molar-refractivity contribution in [3.63, 3.8) is 0 Å². The van der Waals surface area contributed by atoms with Crippen LogP contribution in [0.3, 0.4) is 0 Å². The van der Waals surface area contributed by atoms with Gasteiger partial charge >= 0.3 is 0 Å². The predicted octanol–water partition coefficient (Wildman–Crippen LogP) is 5.38. The van der Waals surface area contributed by atoms with Crippen LogP contribution in [0, 0.1) is 6.92 Å². The van der Waals surface area contributed by atoms with Crippen molar-refractivity contribution in [3.8, 4) is 0 Å². The summed E-state index contributed by atoms with van der Waals surface area (Å²) in [6, 6.07) is 17.3. The molecule has 162 valence electrons. The van der Waals surface area contributed by atoms with Crippen LogP contribution >= 0.6 is 11.3 Å². The molecule has 32 heavy (non-hydrogen) atoms. The van der Waals surface area contributed by atoms with Crippen molar-refractivity contribution in [1.29, 1.82) is 0 Å². The minimum absolute atomic E-state index is 0.204. The van der Waals surface area contributed by atoms with E-state index >= 15 is 0 Å². The molecule has 0 aliphatic carbocycles. The minimum Gasteiger partial charge on any atom is -0.341 e. The van der Waals surface area contributed by atoms with Gasteiger partial charge in [0, 0.05) is 36.2 Å². The molecule has 0 atom stereocenters. The molecule has 8 heteroatoms. The summed E-state index contributed by atoms with van der Waals surface area (Å²) in [4.78, 5) is 28.6. The lowest BCUT2D eigenvalue weighted by atomic mass is 10.1. The van der Waals surface area contributed by atoms with E-state index in [-0.39, 0.29) is 5.91 Å². The number of anilines is 4.